The molecule has 0 spiro atoms. The number of ether oxygens (including phenoxy) is 1. The molecule has 0 saturated carbocycles. The highest BCUT2D eigenvalue weighted by molar-refractivity contribution is 5.87. The fourth-order valence-electron chi connectivity index (χ4n) is 2.49. The first-order chi connectivity index (χ1) is 12.6. The van der Waals surface area contributed by atoms with E-state index in [2.05, 4.69) is 19.7 Å². The fraction of sp³-hybridized carbons (Fsp3) is 0.364. The summed E-state index contributed by atoms with van der Waals surface area (Å²) in [6.07, 6.45) is 2.62. The van der Waals surface area contributed by atoms with Gasteiger partial charge in [0, 0.05) is 20.1 Å². The summed E-state index contributed by atoms with van der Waals surface area (Å²) in [6.45, 7) is 17.1. The second-order valence-corrected chi connectivity index (χ2v) is 7.29. The Labute approximate surface area is 162 Å². The molecule has 0 unspecified atom stereocenters. The van der Waals surface area contributed by atoms with Gasteiger partial charge >= 0.3 is 6.09 Å². The lowest BCUT2D eigenvalue weighted by Crippen LogP contribution is -2.46. The van der Waals surface area contributed by atoms with Crippen molar-refractivity contribution in [3.63, 3.8) is 0 Å². The van der Waals surface area contributed by atoms with Crippen LogP contribution >= 0.6 is 0 Å². The maximum atomic E-state index is 13.2. The molecule has 0 aliphatic carbocycles. The molecule has 5 nitrogen and oxygen atoms in total. The van der Waals surface area contributed by atoms with Crippen molar-refractivity contribution < 1.29 is 14.3 Å². The van der Waals surface area contributed by atoms with Crippen LogP contribution in [0, 0.1) is 0 Å². The lowest BCUT2D eigenvalue weighted by molar-refractivity contribution is -0.135. The van der Waals surface area contributed by atoms with Crippen molar-refractivity contribution in [2.75, 3.05) is 20.1 Å². The monoisotopic (exact) mass is 370 g/mol. The summed E-state index contributed by atoms with van der Waals surface area (Å²) in [6, 6.07) is 8.33. The van der Waals surface area contributed by atoms with Crippen LogP contribution in [0.25, 0.3) is 0 Å². The van der Waals surface area contributed by atoms with E-state index in [4.69, 9.17) is 4.74 Å². The van der Waals surface area contributed by atoms with E-state index >= 15 is 0 Å². The number of nitrogens with zero attached hydrogens (tertiary/aromatic N) is 2. The van der Waals surface area contributed by atoms with Crippen molar-refractivity contribution in [3.8, 4) is 0 Å². The van der Waals surface area contributed by atoms with E-state index in [1.54, 1.807) is 40.0 Å². The highest BCUT2D eigenvalue weighted by Gasteiger charge is 2.35. The molecule has 0 N–H and O–H groups in total. The second-order valence-electron chi connectivity index (χ2n) is 7.29. The van der Waals surface area contributed by atoms with Gasteiger partial charge in [-0.3, -0.25) is 9.69 Å². The van der Waals surface area contributed by atoms with Gasteiger partial charge in [0.2, 0.25) is 5.91 Å². The molecule has 0 fully saturated rings. The number of likely N-dealkylation sites (N-methyl/N-ethyl adjacent to an activating group) is 1. The van der Waals surface area contributed by atoms with Crippen LogP contribution in [0.15, 0.2) is 67.8 Å². The van der Waals surface area contributed by atoms with Crippen LogP contribution < -0.4 is 0 Å². The zero-order valence-corrected chi connectivity index (χ0v) is 16.8. The van der Waals surface area contributed by atoms with Crippen LogP contribution in [0.5, 0.6) is 0 Å². The van der Waals surface area contributed by atoms with Crippen LogP contribution in [0.4, 0.5) is 4.79 Å². The number of amides is 2. The summed E-state index contributed by atoms with van der Waals surface area (Å²) < 4.78 is 5.52. The molecule has 0 aliphatic rings. The Balaban J connectivity index is 3.31. The van der Waals surface area contributed by atoms with Crippen molar-refractivity contribution in [3.05, 3.63) is 73.4 Å². The topological polar surface area (TPSA) is 49.9 Å². The Morgan fingerprint density at radius 1 is 1.19 bits per heavy atom. The van der Waals surface area contributed by atoms with E-state index in [1.165, 1.54) is 9.80 Å². The molecule has 2 amide bonds. The Bertz CT molecular complexity index is 689. The SMILES string of the molecule is C=CCN(C(=O)OC(C)(C)C)[C@H](C(=O)N(C)CC(=C)C=C)c1ccccc1. The van der Waals surface area contributed by atoms with Gasteiger partial charge in [-0.2, -0.15) is 0 Å². The molecule has 0 aliphatic heterocycles. The molecule has 0 radical (unpaired) electrons. The molecule has 0 bridgehead atoms. The minimum atomic E-state index is -0.832. The second kappa shape index (κ2) is 9.76. The van der Waals surface area contributed by atoms with Gasteiger partial charge < -0.3 is 9.64 Å². The average Bonchev–Trinajstić information content (AvgIpc) is 2.60. The molecule has 0 heterocycles. The van der Waals surface area contributed by atoms with Gasteiger partial charge in [0.05, 0.1) is 0 Å². The minimum Gasteiger partial charge on any atom is -0.444 e. The predicted octanol–water partition coefficient (Wildman–Crippen LogP) is 4.35. The largest absolute Gasteiger partial charge is 0.444 e. The van der Waals surface area contributed by atoms with Crippen LogP contribution in [0.3, 0.4) is 0 Å². The Morgan fingerprint density at radius 2 is 1.78 bits per heavy atom. The van der Waals surface area contributed by atoms with Gasteiger partial charge in [0.15, 0.2) is 0 Å². The van der Waals surface area contributed by atoms with Gasteiger partial charge in [-0.15, -0.1) is 6.58 Å². The highest BCUT2D eigenvalue weighted by atomic mass is 16.6. The van der Waals surface area contributed by atoms with Crippen LogP contribution in [0.2, 0.25) is 0 Å². The molecule has 1 aromatic rings. The van der Waals surface area contributed by atoms with Gasteiger partial charge in [0.1, 0.15) is 11.6 Å². The van der Waals surface area contributed by atoms with Crippen molar-refractivity contribution in [1.29, 1.82) is 0 Å². The zero-order valence-electron chi connectivity index (χ0n) is 16.8. The van der Waals surface area contributed by atoms with Crippen LogP contribution in [-0.2, 0) is 9.53 Å². The third kappa shape index (κ3) is 6.77. The lowest BCUT2D eigenvalue weighted by Gasteiger charge is -2.34. The smallest absolute Gasteiger partial charge is 0.411 e. The Kier molecular flexibility index (Phi) is 8.03. The standard InChI is InChI=1S/C22H30N2O3/c1-8-15-24(21(26)27-22(4,5)6)19(18-13-11-10-12-14-18)20(25)23(7)16-17(3)9-2/h8-14,19H,1-3,15-16H2,4-7H3/t19-/m0/s1. The molecule has 1 aromatic carbocycles. The van der Waals surface area contributed by atoms with Crippen LogP contribution in [-0.4, -0.2) is 47.5 Å². The van der Waals surface area contributed by atoms with Gasteiger partial charge in [-0.1, -0.05) is 55.6 Å². The Morgan fingerprint density at radius 3 is 2.26 bits per heavy atom. The van der Waals surface area contributed by atoms with Crippen molar-refractivity contribution in [2.45, 2.75) is 32.4 Å². The molecule has 146 valence electrons. The summed E-state index contributed by atoms with van der Waals surface area (Å²) in [5, 5.41) is 0. The van der Waals surface area contributed by atoms with Gasteiger partial charge in [-0.05, 0) is 31.9 Å². The first-order valence-electron chi connectivity index (χ1n) is 8.81. The van der Waals surface area contributed by atoms with E-state index in [1.807, 2.05) is 30.3 Å². The third-order valence-electron chi connectivity index (χ3n) is 3.72. The molecule has 1 rings (SSSR count). The van der Waals surface area contributed by atoms with Gasteiger partial charge in [0.25, 0.3) is 0 Å². The fourth-order valence-corrected chi connectivity index (χ4v) is 2.49. The molecule has 1 atom stereocenters. The summed E-state index contributed by atoms with van der Waals surface area (Å²) in [5.41, 5.74) is 0.737. The molecular formula is C22H30N2O3. The van der Waals surface area contributed by atoms with Crippen LogP contribution in [0.1, 0.15) is 32.4 Å². The average molecular weight is 370 g/mol. The highest BCUT2D eigenvalue weighted by Crippen LogP contribution is 2.25. The van der Waals surface area contributed by atoms with E-state index in [9.17, 15) is 9.59 Å². The molecule has 0 aromatic heterocycles. The first kappa shape index (κ1) is 22.2. The number of hydrogen-bond donors (Lipinski definition) is 0. The molecule has 27 heavy (non-hydrogen) atoms. The number of rotatable bonds is 8. The number of benzene rings is 1. The molecular weight excluding hydrogens is 340 g/mol. The first-order valence-corrected chi connectivity index (χ1v) is 8.81. The quantitative estimate of drug-likeness (QED) is 0.505. The minimum absolute atomic E-state index is 0.177. The third-order valence-corrected chi connectivity index (χ3v) is 3.72. The van der Waals surface area contributed by atoms with E-state index in [-0.39, 0.29) is 12.5 Å². The zero-order chi connectivity index (χ0) is 20.6. The van der Waals surface area contributed by atoms with E-state index < -0.39 is 17.7 Å². The molecule has 0 saturated heterocycles. The van der Waals surface area contributed by atoms with Gasteiger partial charge in [-0.25, -0.2) is 4.79 Å². The summed E-state index contributed by atoms with van der Waals surface area (Å²) in [4.78, 5) is 29.0. The summed E-state index contributed by atoms with van der Waals surface area (Å²) in [7, 11) is 1.67. The summed E-state index contributed by atoms with van der Waals surface area (Å²) in [5.74, 6) is -0.239. The maximum absolute atomic E-state index is 13.2. The van der Waals surface area contributed by atoms with E-state index in [0.717, 1.165) is 0 Å². The van der Waals surface area contributed by atoms with Crippen molar-refractivity contribution in [2.24, 2.45) is 0 Å². The molecule has 5 heteroatoms. The summed E-state index contributed by atoms with van der Waals surface area (Å²) >= 11 is 0. The van der Waals surface area contributed by atoms with Crippen molar-refractivity contribution in [1.82, 2.24) is 9.80 Å². The van der Waals surface area contributed by atoms with Crippen molar-refractivity contribution >= 4 is 12.0 Å². The Hall–Kier alpha value is -2.82. The predicted molar refractivity (Wildman–Crippen MR) is 109 cm³/mol. The maximum Gasteiger partial charge on any atom is 0.411 e. The lowest BCUT2D eigenvalue weighted by atomic mass is 10.0. The normalized spacial score (nSPS) is 11.9. The van der Waals surface area contributed by atoms with E-state index in [0.29, 0.717) is 17.7 Å². The number of carbonyl (C=O) groups excluding carboxylic acids is 2. The number of carbonyl (C=O) groups is 2. The number of hydrogen-bond acceptors (Lipinski definition) is 3.